The van der Waals surface area contributed by atoms with Gasteiger partial charge in [0.15, 0.2) is 0 Å². The number of benzene rings is 2. The van der Waals surface area contributed by atoms with Crippen LogP contribution < -0.4 is 0 Å². The van der Waals surface area contributed by atoms with E-state index in [0.29, 0.717) is 6.07 Å². The molecule has 0 radical (unpaired) electrons. The third-order valence-electron chi connectivity index (χ3n) is 4.56. The van der Waals surface area contributed by atoms with Crippen molar-refractivity contribution in [2.24, 2.45) is 0 Å². The fourth-order valence-corrected chi connectivity index (χ4v) is 3.45. The Hall–Kier alpha value is -3.53. The monoisotopic (exact) mass is 484 g/mol. The number of nitrogens with zero attached hydrogens (tertiary/aromatic N) is 2. The first-order valence-electron chi connectivity index (χ1n) is 9.24. The highest BCUT2D eigenvalue weighted by molar-refractivity contribution is 6.31. The Bertz CT molecular complexity index is 1180. The number of pyridine rings is 1. The first-order chi connectivity index (χ1) is 15.5. The van der Waals surface area contributed by atoms with E-state index in [1.165, 1.54) is 12.1 Å². The second-order valence-electron chi connectivity index (χ2n) is 6.95. The van der Waals surface area contributed by atoms with Crippen LogP contribution in [0.4, 0.5) is 22.0 Å². The van der Waals surface area contributed by atoms with Crippen LogP contribution in [0.25, 0.3) is 0 Å². The van der Waals surface area contributed by atoms with Crippen LogP contribution in [0.15, 0.2) is 54.7 Å². The zero-order valence-corrected chi connectivity index (χ0v) is 17.3. The summed E-state index contributed by atoms with van der Waals surface area (Å²) in [5.74, 6) is -4.32. The number of hydrogen-bond acceptors (Lipinski definition) is 3. The maximum Gasteiger partial charge on any atom is 0.418 e. The topological polar surface area (TPSA) is 70.5 Å². The lowest BCUT2D eigenvalue weighted by Gasteiger charge is -2.25. The molecule has 172 valence electrons. The van der Waals surface area contributed by atoms with E-state index in [4.69, 9.17) is 16.7 Å². The van der Waals surface area contributed by atoms with E-state index < -0.39 is 52.4 Å². The summed E-state index contributed by atoms with van der Waals surface area (Å²) >= 11 is 5.75. The van der Waals surface area contributed by atoms with Crippen LogP contribution in [0.1, 0.15) is 37.5 Å². The molecule has 1 aromatic heterocycles. The molecule has 0 spiro atoms. The largest absolute Gasteiger partial charge is 0.477 e. The second-order valence-corrected chi connectivity index (χ2v) is 7.36. The molecule has 0 bridgehead atoms. The smallest absolute Gasteiger partial charge is 0.418 e. The fourth-order valence-electron chi connectivity index (χ4n) is 3.15. The molecule has 0 saturated heterocycles. The van der Waals surface area contributed by atoms with Crippen molar-refractivity contribution in [2.45, 2.75) is 19.3 Å². The molecular formula is C22H14ClF5N2O3. The van der Waals surface area contributed by atoms with Crippen molar-refractivity contribution in [1.82, 2.24) is 9.88 Å². The molecule has 0 unspecified atom stereocenters. The highest BCUT2D eigenvalue weighted by atomic mass is 35.5. The number of carboxylic acids is 1. The lowest BCUT2D eigenvalue weighted by atomic mass is 10.0. The molecule has 2 aromatic carbocycles. The molecule has 0 saturated carbocycles. The summed E-state index contributed by atoms with van der Waals surface area (Å²) in [4.78, 5) is 28.7. The van der Waals surface area contributed by atoms with Gasteiger partial charge in [-0.05, 0) is 35.4 Å². The van der Waals surface area contributed by atoms with Gasteiger partial charge in [-0.15, -0.1) is 0 Å². The van der Waals surface area contributed by atoms with Gasteiger partial charge in [0, 0.05) is 30.9 Å². The van der Waals surface area contributed by atoms with Gasteiger partial charge in [-0.2, -0.15) is 13.2 Å². The van der Waals surface area contributed by atoms with Crippen LogP contribution in [0, 0.1) is 11.6 Å². The van der Waals surface area contributed by atoms with Gasteiger partial charge in [-0.25, -0.2) is 18.6 Å². The van der Waals surface area contributed by atoms with Gasteiger partial charge in [0.25, 0.3) is 5.91 Å². The van der Waals surface area contributed by atoms with Gasteiger partial charge in [0.1, 0.15) is 17.3 Å². The number of hydrogen-bond donors (Lipinski definition) is 1. The summed E-state index contributed by atoms with van der Waals surface area (Å²) in [6, 6.07) is 8.01. The Labute approximate surface area is 189 Å². The maximum absolute atomic E-state index is 13.7. The fraction of sp³-hybridized carbons (Fsp3) is 0.136. The molecule has 0 atom stereocenters. The summed E-state index contributed by atoms with van der Waals surface area (Å²) in [5, 5.41) is 8.38. The number of rotatable bonds is 6. The van der Waals surface area contributed by atoms with Crippen LogP contribution in [0.5, 0.6) is 0 Å². The number of amides is 1. The molecule has 0 aliphatic carbocycles. The number of carbonyl (C=O) groups is 2. The molecule has 33 heavy (non-hydrogen) atoms. The van der Waals surface area contributed by atoms with E-state index in [1.54, 1.807) is 0 Å². The average molecular weight is 485 g/mol. The lowest BCUT2D eigenvalue weighted by molar-refractivity contribution is -0.138. The first kappa shape index (κ1) is 24.1. The van der Waals surface area contributed by atoms with Gasteiger partial charge in [0.05, 0.1) is 10.6 Å². The molecule has 5 nitrogen and oxygen atoms in total. The average Bonchev–Trinajstić information content (AvgIpc) is 2.71. The van der Waals surface area contributed by atoms with Crippen molar-refractivity contribution in [3.63, 3.8) is 0 Å². The molecule has 3 rings (SSSR count). The van der Waals surface area contributed by atoms with Crippen molar-refractivity contribution in [2.75, 3.05) is 0 Å². The van der Waals surface area contributed by atoms with Crippen LogP contribution in [-0.4, -0.2) is 26.9 Å². The summed E-state index contributed by atoms with van der Waals surface area (Å²) in [6.45, 7) is -0.930. The number of carboxylic acid groups (broad SMARTS) is 1. The SMILES string of the molecule is O=C(O)c1ccc(CN(Cc2cccc(Cl)c2C(F)(F)F)C(=O)c2cc(F)cc(F)c2)cn1. The normalized spacial score (nSPS) is 11.3. The minimum absolute atomic E-state index is 0.279. The lowest BCUT2D eigenvalue weighted by Crippen LogP contribution is -2.31. The molecule has 0 fully saturated rings. The highest BCUT2D eigenvalue weighted by Gasteiger charge is 2.36. The van der Waals surface area contributed by atoms with Crippen LogP contribution in [0.2, 0.25) is 5.02 Å². The maximum atomic E-state index is 13.7. The van der Waals surface area contributed by atoms with E-state index >= 15 is 0 Å². The van der Waals surface area contributed by atoms with Crippen molar-refractivity contribution in [1.29, 1.82) is 0 Å². The number of aromatic carboxylic acids is 1. The van der Waals surface area contributed by atoms with E-state index in [0.717, 1.165) is 41.4 Å². The molecule has 1 heterocycles. The minimum atomic E-state index is -4.82. The third-order valence-corrected chi connectivity index (χ3v) is 4.87. The molecule has 11 heteroatoms. The molecule has 0 aliphatic rings. The van der Waals surface area contributed by atoms with Crippen molar-refractivity contribution >= 4 is 23.5 Å². The van der Waals surface area contributed by atoms with E-state index in [9.17, 15) is 31.5 Å². The highest BCUT2D eigenvalue weighted by Crippen LogP contribution is 2.38. The standard InChI is InChI=1S/C22H14ClF5N2O3/c23-17-3-1-2-13(19(17)22(26,27)28)11-30(10-12-4-5-18(21(32)33)29-9-12)20(31)14-6-15(24)8-16(25)7-14/h1-9H,10-11H2,(H,32,33). The van der Waals surface area contributed by atoms with Crippen LogP contribution in [-0.2, 0) is 19.3 Å². The summed E-state index contributed by atoms with van der Waals surface area (Å²) in [6.07, 6.45) is -3.68. The quantitative estimate of drug-likeness (QED) is 0.464. The summed E-state index contributed by atoms with van der Waals surface area (Å²) < 4.78 is 68.1. The first-order valence-corrected chi connectivity index (χ1v) is 9.61. The molecule has 1 N–H and O–H groups in total. The van der Waals surface area contributed by atoms with Crippen LogP contribution in [0.3, 0.4) is 0 Å². The van der Waals surface area contributed by atoms with Gasteiger partial charge in [0.2, 0.25) is 0 Å². The minimum Gasteiger partial charge on any atom is -0.477 e. The number of aromatic nitrogens is 1. The third kappa shape index (κ3) is 5.83. The Kier molecular flexibility index (Phi) is 6.97. The van der Waals surface area contributed by atoms with Crippen molar-refractivity contribution in [3.05, 3.63) is 99.3 Å². The van der Waals surface area contributed by atoms with Gasteiger partial charge in [-0.1, -0.05) is 29.8 Å². The Balaban J connectivity index is 2.03. The summed E-state index contributed by atoms with van der Waals surface area (Å²) in [7, 11) is 0. The van der Waals surface area contributed by atoms with E-state index in [2.05, 4.69) is 4.98 Å². The zero-order valence-electron chi connectivity index (χ0n) is 16.5. The molecule has 0 aliphatic heterocycles. The van der Waals surface area contributed by atoms with Gasteiger partial charge >= 0.3 is 12.1 Å². The zero-order chi connectivity index (χ0) is 24.3. The van der Waals surface area contributed by atoms with Gasteiger partial charge < -0.3 is 10.0 Å². The molecule has 1 amide bonds. The summed E-state index contributed by atoms with van der Waals surface area (Å²) in [5.41, 5.74) is -1.90. The Morgan fingerprint density at radius 3 is 2.21 bits per heavy atom. The number of carbonyl (C=O) groups excluding carboxylic acids is 1. The van der Waals surface area contributed by atoms with E-state index in [-0.39, 0.29) is 23.4 Å². The molecular weight excluding hydrogens is 471 g/mol. The number of halogens is 6. The Morgan fingerprint density at radius 1 is 1.00 bits per heavy atom. The van der Waals surface area contributed by atoms with Crippen molar-refractivity contribution < 1.29 is 36.6 Å². The predicted octanol–water partition coefficient (Wildman–Crippen LogP) is 5.57. The number of alkyl halides is 3. The van der Waals surface area contributed by atoms with Crippen LogP contribution >= 0.6 is 11.6 Å². The predicted molar refractivity (Wildman–Crippen MR) is 108 cm³/mol. The second kappa shape index (κ2) is 9.53. The Morgan fingerprint density at radius 2 is 1.67 bits per heavy atom. The molecule has 3 aromatic rings. The van der Waals surface area contributed by atoms with Gasteiger partial charge in [-0.3, -0.25) is 4.79 Å². The van der Waals surface area contributed by atoms with E-state index in [1.807, 2.05) is 0 Å². The van der Waals surface area contributed by atoms with Crippen molar-refractivity contribution in [3.8, 4) is 0 Å².